The van der Waals surface area contributed by atoms with Gasteiger partial charge in [-0.2, -0.15) is 0 Å². The molecule has 0 aliphatic heterocycles. The molecule has 0 aliphatic carbocycles. The highest BCUT2D eigenvalue weighted by atomic mass is 35.5. The van der Waals surface area contributed by atoms with E-state index in [1.165, 1.54) is 5.54 Å². The standard InChI is InChI=1S/C8H16ClN/c1-8(2,3)7-10-6-4-5-9/h4-5,10H,6-7H2,1-3H3/b5-4+. The average Bonchev–Trinajstić information content (AvgIpc) is 1.78. The van der Waals surface area contributed by atoms with Gasteiger partial charge in [0, 0.05) is 18.6 Å². The molecule has 0 fully saturated rings. The summed E-state index contributed by atoms with van der Waals surface area (Å²) in [6.45, 7) is 8.48. The fourth-order valence-electron chi connectivity index (χ4n) is 0.575. The van der Waals surface area contributed by atoms with Gasteiger partial charge in [0.1, 0.15) is 0 Å². The Kier molecular flexibility index (Phi) is 4.75. The SMILES string of the molecule is CC(C)(C)CNC/C=C/Cl. The maximum Gasteiger partial charge on any atom is 0.0146 e. The number of halogens is 1. The molecule has 1 nitrogen and oxygen atoms in total. The van der Waals surface area contributed by atoms with E-state index in [0.717, 1.165) is 13.1 Å². The van der Waals surface area contributed by atoms with Crippen LogP contribution in [0.2, 0.25) is 0 Å². The van der Waals surface area contributed by atoms with Crippen molar-refractivity contribution in [1.82, 2.24) is 5.32 Å². The number of hydrogen-bond donors (Lipinski definition) is 1. The first-order valence-corrected chi connectivity index (χ1v) is 3.96. The molecule has 1 N–H and O–H groups in total. The number of nitrogens with one attached hydrogen (secondary N) is 1. The van der Waals surface area contributed by atoms with Crippen LogP contribution in [0.3, 0.4) is 0 Å². The molecule has 10 heavy (non-hydrogen) atoms. The van der Waals surface area contributed by atoms with E-state index < -0.39 is 0 Å². The predicted octanol–water partition coefficient (Wildman–Crippen LogP) is 2.37. The molecule has 0 bridgehead atoms. The van der Waals surface area contributed by atoms with Gasteiger partial charge in [-0.1, -0.05) is 38.4 Å². The summed E-state index contributed by atoms with van der Waals surface area (Å²) < 4.78 is 0. The van der Waals surface area contributed by atoms with E-state index in [9.17, 15) is 0 Å². The van der Waals surface area contributed by atoms with E-state index in [1.807, 2.05) is 6.08 Å². The first-order valence-electron chi connectivity index (χ1n) is 3.52. The maximum absolute atomic E-state index is 5.33. The number of hydrogen-bond acceptors (Lipinski definition) is 1. The van der Waals surface area contributed by atoms with Gasteiger partial charge in [-0.05, 0) is 5.41 Å². The number of rotatable bonds is 3. The zero-order valence-corrected chi connectivity index (χ0v) is 7.70. The van der Waals surface area contributed by atoms with E-state index in [2.05, 4.69) is 26.1 Å². The molecule has 0 rings (SSSR count). The summed E-state index contributed by atoms with van der Waals surface area (Å²) >= 11 is 5.33. The van der Waals surface area contributed by atoms with Gasteiger partial charge < -0.3 is 5.32 Å². The van der Waals surface area contributed by atoms with Crippen molar-refractivity contribution in [1.29, 1.82) is 0 Å². The lowest BCUT2D eigenvalue weighted by atomic mass is 9.97. The second-order valence-electron chi connectivity index (χ2n) is 3.55. The highest BCUT2D eigenvalue weighted by Gasteiger charge is 2.07. The Morgan fingerprint density at radius 2 is 2.00 bits per heavy atom. The van der Waals surface area contributed by atoms with Crippen molar-refractivity contribution in [3.05, 3.63) is 11.6 Å². The highest BCUT2D eigenvalue weighted by Crippen LogP contribution is 2.09. The summed E-state index contributed by atoms with van der Waals surface area (Å²) in [6.07, 6.45) is 1.90. The van der Waals surface area contributed by atoms with Crippen molar-refractivity contribution in [2.24, 2.45) is 5.41 Å². The lowest BCUT2D eigenvalue weighted by Gasteiger charge is -2.17. The summed E-state index contributed by atoms with van der Waals surface area (Å²) in [4.78, 5) is 0. The minimum atomic E-state index is 0.361. The Labute approximate surface area is 68.5 Å². The maximum atomic E-state index is 5.33. The van der Waals surface area contributed by atoms with Gasteiger partial charge in [0.05, 0.1) is 0 Å². The summed E-state index contributed by atoms with van der Waals surface area (Å²) in [5, 5.41) is 3.26. The summed E-state index contributed by atoms with van der Waals surface area (Å²) in [6, 6.07) is 0. The molecule has 0 aromatic carbocycles. The van der Waals surface area contributed by atoms with E-state index in [1.54, 1.807) is 0 Å². The fourth-order valence-corrected chi connectivity index (χ4v) is 0.664. The molecule has 0 amide bonds. The average molecular weight is 162 g/mol. The van der Waals surface area contributed by atoms with Crippen molar-refractivity contribution in [3.63, 3.8) is 0 Å². The molecule has 0 saturated carbocycles. The van der Waals surface area contributed by atoms with Crippen LogP contribution in [0.5, 0.6) is 0 Å². The zero-order chi connectivity index (χ0) is 8.04. The quantitative estimate of drug-likeness (QED) is 0.627. The molecule has 0 atom stereocenters. The summed E-state index contributed by atoms with van der Waals surface area (Å²) in [5.74, 6) is 0. The second-order valence-corrected chi connectivity index (χ2v) is 3.81. The predicted molar refractivity (Wildman–Crippen MR) is 47.3 cm³/mol. The van der Waals surface area contributed by atoms with Crippen molar-refractivity contribution in [2.75, 3.05) is 13.1 Å². The highest BCUT2D eigenvalue weighted by molar-refractivity contribution is 6.25. The lowest BCUT2D eigenvalue weighted by molar-refractivity contribution is 0.388. The molecule has 0 saturated heterocycles. The van der Waals surface area contributed by atoms with Crippen LogP contribution in [0.15, 0.2) is 11.6 Å². The first kappa shape index (κ1) is 9.99. The molecule has 0 radical (unpaired) electrons. The molecule has 2 heteroatoms. The Morgan fingerprint density at radius 1 is 1.40 bits per heavy atom. The van der Waals surface area contributed by atoms with Crippen LogP contribution in [0.1, 0.15) is 20.8 Å². The molecule has 0 heterocycles. The van der Waals surface area contributed by atoms with Gasteiger partial charge in [0.15, 0.2) is 0 Å². The Balaban J connectivity index is 3.20. The smallest absolute Gasteiger partial charge is 0.0146 e. The Morgan fingerprint density at radius 3 is 2.40 bits per heavy atom. The topological polar surface area (TPSA) is 12.0 Å². The molecular formula is C8H16ClN. The molecular weight excluding hydrogens is 146 g/mol. The van der Waals surface area contributed by atoms with Gasteiger partial charge in [-0.15, -0.1) is 0 Å². The monoisotopic (exact) mass is 161 g/mol. The minimum absolute atomic E-state index is 0.361. The first-order chi connectivity index (χ1) is 4.56. The summed E-state index contributed by atoms with van der Waals surface area (Å²) in [7, 11) is 0. The third-order valence-electron chi connectivity index (χ3n) is 1.01. The summed E-state index contributed by atoms with van der Waals surface area (Å²) in [5.41, 5.74) is 1.90. The van der Waals surface area contributed by atoms with Crippen LogP contribution >= 0.6 is 11.6 Å². The molecule has 0 aromatic rings. The van der Waals surface area contributed by atoms with Crippen LogP contribution in [-0.4, -0.2) is 13.1 Å². The van der Waals surface area contributed by atoms with Crippen molar-refractivity contribution in [3.8, 4) is 0 Å². The Bertz CT molecular complexity index is 102. The van der Waals surface area contributed by atoms with Gasteiger partial charge in [0.2, 0.25) is 0 Å². The fraction of sp³-hybridized carbons (Fsp3) is 0.750. The van der Waals surface area contributed by atoms with Crippen LogP contribution in [-0.2, 0) is 0 Å². The van der Waals surface area contributed by atoms with Gasteiger partial charge in [0.25, 0.3) is 0 Å². The van der Waals surface area contributed by atoms with E-state index >= 15 is 0 Å². The van der Waals surface area contributed by atoms with E-state index in [4.69, 9.17) is 11.6 Å². The normalized spacial score (nSPS) is 12.8. The molecule has 0 aromatic heterocycles. The van der Waals surface area contributed by atoms with Crippen molar-refractivity contribution in [2.45, 2.75) is 20.8 Å². The minimum Gasteiger partial charge on any atom is -0.313 e. The lowest BCUT2D eigenvalue weighted by Crippen LogP contribution is -2.26. The zero-order valence-electron chi connectivity index (χ0n) is 6.95. The second kappa shape index (κ2) is 4.75. The van der Waals surface area contributed by atoms with Crippen LogP contribution in [0.4, 0.5) is 0 Å². The van der Waals surface area contributed by atoms with Crippen molar-refractivity contribution >= 4 is 11.6 Å². The van der Waals surface area contributed by atoms with Gasteiger partial charge >= 0.3 is 0 Å². The van der Waals surface area contributed by atoms with E-state index in [0.29, 0.717) is 5.41 Å². The largest absolute Gasteiger partial charge is 0.313 e. The van der Waals surface area contributed by atoms with Crippen LogP contribution < -0.4 is 5.32 Å². The molecule has 60 valence electrons. The van der Waals surface area contributed by atoms with Gasteiger partial charge in [-0.25, -0.2) is 0 Å². The van der Waals surface area contributed by atoms with Crippen molar-refractivity contribution < 1.29 is 0 Å². The molecule has 0 aliphatic rings. The Hall–Kier alpha value is -0.0100. The van der Waals surface area contributed by atoms with E-state index in [-0.39, 0.29) is 0 Å². The third-order valence-corrected chi connectivity index (χ3v) is 1.18. The molecule has 0 spiro atoms. The van der Waals surface area contributed by atoms with Gasteiger partial charge in [-0.3, -0.25) is 0 Å². The van der Waals surface area contributed by atoms with Crippen LogP contribution in [0, 0.1) is 5.41 Å². The molecule has 0 unspecified atom stereocenters. The third kappa shape index (κ3) is 7.99. The van der Waals surface area contributed by atoms with Crippen LogP contribution in [0.25, 0.3) is 0 Å².